The van der Waals surface area contributed by atoms with Crippen molar-refractivity contribution < 1.29 is 19.1 Å². The molecule has 0 saturated carbocycles. The molecule has 27 heavy (non-hydrogen) atoms. The summed E-state index contributed by atoms with van der Waals surface area (Å²) >= 11 is 1.65. The van der Waals surface area contributed by atoms with Crippen LogP contribution in [0.25, 0.3) is 0 Å². The third-order valence-corrected chi connectivity index (χ3v) is 5.90. The monoisotopic (exact) mass is 391 g/mol. The lowest BCUT2D eigenvalue weighted by Gasteiger charge is -2.31. The highest BCUT2D eigenvalue weighted by Crippen LogP contribution is 2.27. The SMILES string of the molecule is COC(=O)N1CCC(NC(=O)C2CC(=O)N(c3ccc(SC)cc3)C2)CC1. The lowest BCUT2D eigenvalue weighted by Crippen LogP contribution is -2.48. The molecule has 1 aromatic carbocycles. The van der Waals surface area contributed by atoms with Gasteiger partial charge in [0, 0.05) is 42.7 Å². The van der Waals surface area contributed by atoms with Gasteiger partial charge in [0.15, 0.2) is 0 Å². The number of rotatable bonds is 4. The standard InChI is InChI=1S/C19H25N3O4S/c1-26-19(25)21-9-7-14(8-10-21)20-18(24)13-11-17(23)22(12-13)15-3-5-16(27-2)6-4-15/h3-6,13-14H,7-12H2,1-2H3,(H,20,24). The molecular weight excluding hydrogens is 366 g/mol. The molecule has 1 atom stereocenters. The second-order valence-electron chi connectivity index (χ2n) is 6.84. The van der Waals surface area contributed by atoms with Gasteiger partial charge in [-0.25, -0.2) is 4.79 Å². The van der Waals surface area contributed by atoms with E-state index >= 15 is 0 Å². The van der Waals surface area contributed by atoms with E-state index < -0.39 is 0 Å². The highest BCUT2D eigenvalue weighted by molar-refractivity contribution is 7.98. The van der Waals surface area contributed by atoms with Crippen LogP contribution in [-0.2, 0) is 14.3 Å². The van der Waals surface area contributed by atoms with Crippen molar-refractivity contribution in [1.29, 1.82) is 0 Å². The van der Waals surface area contributed by atoms with E-state index in [4.69, 9.17) is 4.74 Å². The number of likely N-dealkylation sites (tertiary alicyclic amines) is 1. The van der Waals surface area contributed by atoms with Crippen molar-refractivity contribution in [3.63, 3.8) is 0 Å². The minimum atomic E-state index is -0.337. The van der Waals surface area contributed by atoms with Crippen molar-refractivity contribution in [1.82, 2.24) is 10.2 Å². The number of hydrogen-bond donors (Lipinski definition) is 1. The summed E-state index contributed by atoms with van der Waals surface area (Å²) in [6.45, 7) is 1.54. The van der Waals surface area contributed by atoms with E-state index in [0.717, 1.165) is 10.6 Å². The van der Waals surface area contributed by atoms with E-state index in [9.17, 15) is 14.4 Å². The van der Waals surface area contributed by atoms with Crippen LogP contribution in [0.2, 0.25) is 0 Å². The minimum Gasteiger partial charge on any atom is -0.453 e. The summed E-state index contributed by atoms with van der Waals surface area (Å²) in [5, 5.41) is 3.05. The number of nitrogens with one attached hydrogen (secondary N) is 1. The average Bonchev–Trinajstić information content (AvgIpc) is 3.10. The molecule has 0 aliphatic carbocycles. The van der Waals surface area contributed by atoms with Crippen LogP contribution in [0.4, 0.5) is 10.5 Å². The van der Waals surface area contributed by atoms with Gasteiger partial charge in [-0.15, -0.1) is 11.8 Å². The molecule has 1 aromatic rings. The van der Waals surface area contributed by atoms with Crippen LogP contribution in [0.3, 0.4) is 0 Å². The Morgan fingerprint density at radius 3 is 2.44 bits per heavy atom. The Morgan fingerprint density at radius 2 is 1.85 bits per heavy atom. The maximum absolute atomic E-state index is 12.6. The van der Waals surface area contributed by atoms with Gasteiger partial charge in [0.25, 0.3) is 0 Å². The summed E-state index contributed by atoms with van der Waals surface area (Å²) in [4.78, 5) is 41.0. The number of ether oxygens (including phenoxy) is 1. The molecule has 0 spiro atoms. The third-order valence-electron chi connectivity index (χ3n) is 5.15. The maximum atomic E-state index is 12.6. The normalized spacial score (nSPS) is 20.7. The second-order valence-corrected chi connectivity index (χ2v) is 7.72. The number of carbonyl (C=O) groups excluding carboxylic acids is 3. The van der Waals surface area contributed by atoms with Crippen LogP contribution in [0.1, 0.15) is 19.3 Å². The van der Waals surface area contributed by atoms with Gasteiger partial charge in [-0.1, -0.05) is 0 Å². The average molecular weight is 391 g/mol. The molecule has 2 saturated heterocycles. The Balaban J connectivity index is 1.52. The van der Waals surface area contributed by atoms with Crippen molar-refractivity contribution in [2.75, 3.05) is 37.9 Å². The van der Waals surface area contributed by atoms with Crippen LogP contribution >= 0.6 is 11.8 Å². The molecule has 3 amide bonds. The molecule has 0 radical (unpaired) electrons. The second kappa shape index (κ2) is 8.65. The Kier molecular flexibility index (Phi) is 6.26. The zero-order chi connectivity index (χ0) is 19.4. The number of thioether (sulfide) groups is 1. The summed E-state index contributed by atoms with van der Waals surface area (Å²) in [5.74, 6) is -0.438. The van der Waals surface area contributed by atoms with Crippen molar-refractivity contribution in [3.8, 4) is 0 Å². The number of methoxy groups -OCH3 is 1. The molecule has 1 unspecified atom stereocenters. The fourth-order valence-corrected chi connectivity index (χ4v) is 3.96. The number of benzene rings is 1. The predicted octanol–water partition coefficient (Wildman–Crippen LogP) is 2.11. The summed E-state index contributed by atoms with van der Waals surface area (Å²) < 4.78 is 4.72. The summed E-state index contributed by atoms with van der Waals surface area (Å²) in [6.07, 6.45) is 3.30. The van der Waals surface area contributed by atoms with E-state index in [1.54, 1.807) is 21.6 Å². The number of carbonyl (C=O) groups is 3. The number of anilines is 1. The molecule has 2 heterocycles. The topological polar surface area (TPSA) is 79.0 Å². The molecular formula is C19H25N3O4S. The van der Waals surface area contributed by atoms with Crippen molar-refractivity contribution >= 4 is 35.4 Å². The first-order chi connectivity index (χ1) is 13.0. The first-order valence-corrected chi connectivity index (χ1v) is 10.3. The molecule has 7 nitrogen and oxygen atoms in total. The van der Waals surface area contributed by atoms with Gasteiger partial charge in [0.05, 0.1) is 13.0 Å². The molecule has 2 aliphatic heterocycles. The molecule has 0 aromatic heterocycles. The molecule has 2 fully saturated rings. The molecule has 0 bridgehead atoms. The van der Waals surface area contributed by atoms with Gasteiger partial charge >= 0.3 is 6.09 Å². The quantitative estimate of drug-likeness (QED) is 0.796. The first kappa shape index (κ1) is 19.5. The van der Waals surface area contributed by atoms with E-state index in [2.05, 4.69) is 5.32 Å². The van der Waals surface area contributed by atoms with Gasteiger partial charge in [-0.05, 0) is 43.4 Å². The van der Waals surface area contributed by atoms with Crippen LogP contribution in [-0.4, -0.2) is 61.8 Å². The molecule has 3 rings (SSSR count). The number of hydrogen-bond acceptors (Lipinski definition) is 5. The Bertz CT molecular complexity index is 701. The zero-order valence-corrected chi connectivity index (χ0v) is 16.5. The zero-order valence-electron chi connectivity index (χ0n) is 15.6. The highest BCUT2D eigenvalue weighted by Gasteiger charge is 2.36. The minimum absolute atomic E-state index is 0.0208. The third kappa shape index (κ3) is 4.55. The molecule has 146 valence electrons. The largest absolute Gasteiger partial charge is 0.453 e. The van der Waals surface area contributed by atoms with Crippen molar-refractivity contribution in [3.05, 3.63) is 24.3 Å². The van der Waals surface area contributed by atoms with Crippen molar-refractivity contribution in [2.24, 2.45) is 5.92 Å². The summed E-state index contributed by atoms with van der Waals surface area (Å²) in [7, 11) is 1.37. The fourth-order valence-electron chi connectivity index (χ4n) is 3.55. The maximum Gasteiger partial charge on any atom is 0.409 e. The predicted molar refractivity (Wildman–Crippen MR) is 104 cm³/mol. The van der Waals surface area contributed by atoms with E-state index in [0.29, 0.717) is 32.5 Å². The smallest absolute Gasteiger partial charge is 0.409 e. The Labute approximate surface area is 163 Å². The first-order valence-electron chi connectivity index (χ1n) is 9.09. The number of amides is 3. The van der Waals surface area contributed by atoms with Gasteiger partial charge in [0.1, 0.15) is 0 Å². The van der Waals surface area contributed by atoms with Gasteiger partial charge in [-0.3, -0.25) is 9.59 Å². The van der Waals surface area contributed by atoms with Gasteiger partial charge in [-0.2, -0.15) is 0 Å². The van der Waals surface area contributed by atoms with E-state index in [-0.39, 0.29) is 36.3 Å². The van der Waals surface area contributed by atoms with Crippen molar-refractivity contribution in [2.45, 2.75) is 30.2 Å². The molecule has 8 heteroatoms. The van der Waals surface area contributed by atoms with E-state index in [1.807, 2.05) is 30.5 Å². The van der Waals surface area contributed by atoms with Crippen LogP contribution in [0, 0.1) is 5.92 Å². The highest BCUT2D eigenvalue weighted by atomic mass is 32.2. The molecule has 1 N–H and O–H groups in total. The lowest BCUT2D eigenvalue weighted by atomic mass is 10.0. The van der Waals surface area contributed by atoms with E-state index in [1.165, 1.54) is 7.11 Å². The van der Waals surface area contributed by atoms with Crippen LogP contribution < -0.4 is 10.2 Å². The van der Waals surface area contributed by atoms with Crippen LogP contribution in [0.5, 0.6) is 0 Å². The fraction of sp³-hybridized carbons (Fsp3) is 0.526. The lowest BCUT2D eigenvalue weighted by molar-refractivity contribution is -0.127. The molecule has 2 aliphatic rings. The Morgan fingerprint density at radius 1 is 1.19 bits per heavy atom. The van der Waals surface area contributed by atoms with Crippen LogP contribution in [0.15, 0.2) is 29.2 Å². The number of piperidine rings is 1. The summed E-state index contributed by atoms with van der Waals surface area (Å²) in [6, 6.07) is 7.84. The number of nitrogens with zero attached hydrogens (tertiary/aromatic N) is 2. The summed E-state index contributed by atoms with van der Waals surface area (Å²) in [5.41, 5.74) is 0.833. The Hall–Kier alpha value is -2.22. The van der Waals surface area contributed by atoms with Gasteiger partial charge < -0.3 is 19.9 Å². The van der Waals surface area contributed by atoms with Gasteiger partial charge in [0.2, 0.25) is 11.8 Å².